The Labute approximate surface area is 220 Å². The highest BCUT2D eigenvalue weighted by Crippen LogP contribution is 2.35. The minimum atomic E-state index is -4.56. The summed E-state index contributed by atoms with van der Waals surface area (Å²) in [7, 11) is -4.56. The van der Waals surface area contributed by atoms with Gasteiger partial charge in [0, 0.05) is 41.5 Å². The van der Waals surface area contributed by atoms with Gasteiger partial charge in [-0.3, -0.25) is 14.1 Å². The van der Waals surface area contributed by atoms with Crippen LogP contribution in [-0.2, 0) is 26.1 Å². The zero-order valence-corrected chi connectivity index (χ0v) is 21.9. The van der Waals surface area contributed by atoms with Crippen molar-refractivity contribution in [1.82, 2.24) is 5.32 Å². The predicted octanol–water partition coefficient (Wildman–Crippen LogP) is 3.01. The molecule has 2 aromatic rings. The molecule has 0 spiro atoms. The molecule has 1 atom stereocenters. The molecule has 0 bridgehead atoms. The number of carboxylic acid groups (broad SMARTS) is 1. The molecule has 2 heterocycles. The third-order valence-electron chi connectivity index (χ3n) is 6.06. The van der Waals surface area contributed by atoms with Crippen molar-refractivity contribution in [3.8, 4) is 16.5 Å². The normalized spacial score (nSPS) is 14.5. The van der Waals surface area contributed by atoms with E-state index >= 15 is 0 Å². The molecule has 0 fully saturated rings. The SMILES string of the molecule is N#C/C(=C\c1ccc(-c2ccc3c(c2)CCCN3CCC(=O)NCCCCC(N)C(=O)O)s1)S(=O)(=O)O. The van der Waals surface area contributed by atoms with Gasteiger partial charge in [-0.2, -0.15) is 13.7 Å². The van der Waals surface area contributed by atoms with Crippen LogP contribution in [-0.4, -0.2) is 55.6 Å². The number of fused-ring (bicyclic) bond motifs is 1. The number of hydrogen-bond donors (Lipinski definition) is 4. The smallest absolute Gasteiger partial charge is 0.320 e. The van der Waals surface area contributed by atoms with E-state index in [9.17, 15) is 18.0 Å². The third kappa shape index (κ3) is 8.13. The molecule has 1 unspecified atom stereocenters. The Morgan fingerprint density at radius 1 is 1.27 bits per heavy atom. The van der Waals surface area contributed by atoms with Crippen LogP contribution in [0.3, 0.4) is 0 Å². The van der Waals surface area contributed by atoms with Crippen molar-refractivity contribution in [3.63, 3.8) is 0 Å². The number of nitrogens with zero attached hydrogens (tertiary/aromatic N) is 2. The minimum absolute atomic E-state index is 0.0490. The predicted molar refractivity (Wildman–Crippen MR) is 143 cm³/mol. The number of amides is 1. The first kappa shape index (κ1) is 28.3. The molecule has 12 heteroatoms. The summed E-state index contributed by atoms with van der Waals surface area (Å²) in [4.78, 5) is 25.9. The van der Waals surface area contributed by atoms with Crippen LogP contribution >= 0.6 is 11.3 Å². The number of carbonyl (C=O) groups excluding carboxylic acids is 1. The number of nitrogens with one attached hydrogen (secondary N) is 1. The highest BCUT2D eigenvalue weighted by molar-refractivity contribution is 7.90. The lowest BCUT2D eigenvalue weighted by Crippen LogP contribution is -2.34. The fraction of sp³-hybridized carbons (Fsp3) is 0.400. The van der Waals surface area contributed by atoms with Gasteiger partial charge in [0.05, 0.1) is 0 Å². The number of nitrogens with two attached hydrogens (primary N) is 1. The van der Waals surface area contributed by atoms with Gasteiger partial charge in [0.25, 0.3) is 0 Å². The molecular formula is C25H30N4O6S2. The number of carbonyl (C=O) groups is 2. The number of hydrogen-bond acceptors (Lipinski definition) is 8. The number of aryl methyl sites for hydroxylation is 1. The standard InChI is InChI=1S/C25H30N4O6S2/c26-16-20(37(33,34)35)15-19-7-9-23(36-19)18-6-8-22-17(14-18)4-3-12-29(22)13-10-24(30)28-11-2-1-5-21(27)25(31)32/h6-9,14-15,21H,1-5,10-13,27H2,(H,28,30)(H,31,32)(H,33,34,35)/b20-15+. The summed E-state index contributed by atoms with van der Waals surface area (Å²) in [6, 6.07) is 10.3. The third-order valence-corrected chi connectivity index (χ3v) is 7.90. The zero-order chi connectivity index (χ0) is 27.0. The number of thiophene rings is 1. The Balaban J connectivity index is 1.56. The van der Waals surface area contributed by atoms with E-state index in [1.807, 2.05) is 18.2 Å². The van der Waals surface area contributed by atoms with Gasteiger partial charge in [0.2, 0.25) is 5.91 Å². The van der Waals surface area contributed by atoms with Gasteiger partial charge in [-0.05, 0) is 73.6 Å². The van der Waals surface area contributed by atoms with Crippen LogP contribution < -0.4 is 16.0 Å². The number of carboxylic acids is 1. The minimum Gasteiger partial charge on any atom is -0.480 e. The van der Waals surface area contributed by atoms with E-state index in [2.05, 4.69) is 16.3 Å². The molecule has 3 rings (SSSR count). The largest absolute Gasteiger partial charge is 0.480 e. The molecule has 0 saturated carbocycles. The van der Waals surface area contributed by atoms with Crippen molar-refractivity contribution < 1.29 is 27.7 Å². The topological polar surface area (TPSA) is 174 Å². The van der Waals surface area contributed by atoms with E-state index in [0.717, 1.165) is 41.6 Å². The van der Waals surface area contributed by atoms with Gasteiger partial charge in [0.1, 0.15) is 12.1 Å². The second kappa shape index (κ2) is 12.8. The quantitative estimate of drug-likeness (QED) is 0.177. The maximum atomic E-state index is 12.3. The lowest BCUT2D eigenvalue weighted by Gasteiger charge is -2.31. The van der Waals surface area contributed by atoms with E-state index < -0.39 is 27.0 Å². The molecule has 1 aromatic heterocycles. The molecule has 10 nitrogen and oxygen atoms in total. The van der Waals surface area contributed by atoms with Gasteiger partial charge in [0.15, 0.2) is 4.91 Å². The molecule has 0 saturated heterocycles. The van der Waals surface area contributed by atoms with Gasteiger partial charge >= 0.3 is 16.1 Å². The summed E-state index contributed by atoms with van der Waals surface area (Å²) in [5, 5.41) is 20.6. The Kier molecular flexibility index (Phi) is 9.82. The molecule has 0 radical (unpaired) electrons. The highest BCUT2D eigenvalue weighted by Gasteiger charge is 2.19. The molecule has 5 N–H and O–H groups in total. The second-order valence-corrected chi connectivity index (χ2v) is 11.3. The van der Waals surface area contributed by atoms with Crippen LogP contribution in [0, 0.1) is 11.3 Å². The van der Waals surface area contributed by atoms with Gasteiger partial charge in [-0.1, -0.05) is 6.07 Å². The fourth-order valence-electron chi connectivity index (χ4n) is 4.11. The van der Waals surface area contributed by atoms with Crippen molar-refractivity contribution >= 4 is 45.1 Å². The maximum absolute atomic E-state index is 12.3. The van der Waals surface area contributed by atoms with E-state index in [-0.39, 0.29) is 5.91 Å². The van der Waals surface area contributed by atoms with E-state index in [0.29, 0.717) is 43.6 Å². The lowest BCUT2D eigenvalue weighted by atomic mass is 9.98. The maximum Gasteiger partial charge on any atom is 0.320 e. The van der Waals surface area contributed by atoms with Crippen molar-refractivity contribution in [2.24, 2.45) is 5.73 Å². The number of unbranched alkanes of at least 4 members (excludes halogenated alkanes) is 1. The molecule has 1 amide bonds. The second-order valence-electron chi connectivity index (χ2n) is 8.77. The first-order valence-corrected chi connectivity index (χ1v) is 14.2. The van der Waals surface area contributed by atoms with Crippen molar-refractivity contribution in [1.29, 1.82) is 5.26 Å². The number of rotatable bonds is 12. The Hall–Kier alpha value is -3.24. The van der Waals surface area contributed by atoms with Crippen molar-refractivity contribution in [2.45, 2.75) is 44.6 Å². The summed E-state index contributed by atoms with van der Waals surface area (Å²) >= 11 is 1.32. The van der Waals surface area contributed by atoms with Gasteiger partial charge in [-0.15, -0.1) is 11.3 Å². The van der Waals surface area contributed by atoms with Crippen LogP contribution in [0.15, 0.2) is 35.2 Å². The number of allylic oxidation sites excluding steroid dienone is 1. The lowest BCUT2D eigenvalue weighted by molar-refractivity contribution is -0.138. The summed E-state index contributed by atoms with van der Waals surface area (Å²) in [6.45, 7) is 1.93. The molecule has 198 valence electrons. The van der Waals surface area contributed by atoms with Crippen LogP contribution in [0.25, 0.3) is 16.5 Å². The van der Waals surface area contributed by atoms with Crippen LogP contribution in [0.4, 0.5) is 5.69 Å². The molecule has 1 aliphatic heterocycles. The fourth-order valence-corrected chi connectivity index (χ4v) is 5.52. The Morgan fingerprint density at radius 3 is 2.76 bits per heavy atom. The van der Waals surface area contributed by atoms with Crippen LogP contribution in [0.1, 0.15) is 42.5 Å². The number of nitriles is 1. The summed E-state index contributed by atoms with van der Waals surface area (Å²) in [5.41, 5.74) is 8.69. The first-order valence-electron chi connectivity index (χ1n) is 11.9. The Bertz CT molecular complexity index is 1310. The van der Waals surface area contributed by atoms with E-state index in [4.69, 9.17) is 20.7 Å². The molecule has 0 aliphatic carbocycles. The Morgan fingerprint density at radius 2 is 2.05 bits per heavy atom. The molecule has 1 aliphatic rings. The van der Waals surface area contributed by atoms with Crippen LogP contribution in [0.5, 0.6) is 0 Å². The summed E-state index contributed by atoms with van der Waals surface area (Å²) in [6.07, 6.45) is 5.06. The average molecular weight is 547 g/mol. The number of anilines is 1. The zero-order valence-electron chi connectivity index (χ0n) is 20.2. The molecular weight excluding hydrogens is 516 g/mol. The number of benzene rings is 1. The average Bonchev–Trinajstić information content (AvgIpc) is 3.33. The molecule has 1 aromatic carbocycles. The van der Waals surface area contributed by atoms with Gasteiger partial charge < -0.3 is 21.1 Å². The van der Waals surface area contributed by atoms with Crippen molar-refractivity contribution in [3.05, 3.63) is 45.7 Å². The highest BCUT2D eigenvalue weighted by atomic mass is 32.2. The summed E-state index contributed by atoms with van der Waals surface area (Å²) in [5.74, 6) is -1.06. The van der Waals surface area contributed by atoms with Crippen LogP contribution in [0.2, 0.25) is 0 Å². The van der Waals surface area contributed by atoms with Gasteiger partial charge in [-0.25, -0.2) is 0 Å². The monoisotopic (exact) mass is 546 g/mol. The van der Waals surface area contributed by atoms with E-state index in [1.54, 1.807) is 6.07 Å². The van der Waals surface area contributed by atoms with Crippen molar-refractivity contribution in [2.75, 3.05) is 24.5 Å². The number of aliphatic carboxylic acids is 1. The first-order chi connectivity index (χ1) is 17.6. The summed E-state index contributed by atoms with van der Waals surface area (Å²) < 4.78 is 31.7. The molecule has 37 heavy (non-hydrogen) atoms. The van der Waals surface area contributed by atoms with E-state index in [1.165, 1.54) is 23.0 Å².